The molecule has 7 nitrogen and oxygen atoms in total. The number of nitrogens with zero attached hydrogens (tertiary/aromatic N) is 1. The Hall–Kier alpha value is -3.15. The maximum atomic E-state index is 13.4. The number of hydrogen-bond acceptors (Lipinski definition) is 5. The van der Waals surface area contributed by atoms with Crippen LogP contribution in [0.25, 0.3) is 0 Å². The monoisotopic (exact) mass is 492 g/mol. The van der Waals surface area contributed by atoms with Crippen molar-refractivity contribution in [2.24, 2.45) is 0 Å². The van der Waals surface area contributed by atoms with E-state index in [2.05, 4.69) is 11.3 Å². The van der Waals surface area contributed by atoms with Crippen LogP contribution in [0.1, 0.15) is 89.5 Å². The van der Waals surface area contributed by atoms with E-state index in [0.29, 0.717) is 29.3 Å². The molecule has 0 atom stereocenters. The van der Waals surface area contributed by atoms with E-state index in [9.17, 15) is 14.4 Å². The molecule has 0 aromatic heterocycles. The molecule has 1 saturated heterocycles. The van der Waals surface area contributed by atoms with E-state index in [-0.39, 0.29) is 11.1 Å². The molecule has 0 spiro atoms. The highest BCUT2D eigenvalue weighted by atomic mass is 16.7. The van der Waals surface area contributed by atoms with Gasteiger partial charge in [-0.1, -0.05) is 25.0 Å². The summed E-state index contributed by atoms with van der Waals surface area (Å²) < 4.78 is 12.1. The Kier molecular flexibility index (Phi) is 8.77. The Morgan fingerprint density at radius 3 is 2.22 bits per heavy atom. The first-order chi connectivity index (χ1) is 16.6. The second-order valence-corrected chi connectivity index (χ2v) is 10.8. The lowest BCUT2D eigenvalue weighted by Gasteiger charge is -2.36. The van der Waals surface area contributed by atoms with Crippen molar-refractivity contribution in [1.82, 2.24) is 10.4 Å². The zero-order chi connectivity index (χ0) is 27.5. The van der Waals surface area contributed by atoms with Gasteiger partial charge in [-0.2, -0.15) is 0 Å². The molecular formula is C28H37BN2O5. The van der Waals surface area contributed by atoms with Gasteiger partial charge in [0, 0.05) is 16.7 Å². The number of benzene rings is 1. The summed E-state index contributed by atoms with van der Waals surface area (Å²) in [7, 11) is -0.743. The molecule has 1 aromatic carbocycles. The van der Waals surface area contributed by atoms with Gasteiger partial charge in [0.1, 0.15) is 6.29 Å². The molecule has 1 heterocycles. The summed E-state index contributed by atoms with van der Waals surface area (Å²) in [6.07, 6.45) is 10.1. The summed E-state index contributed by atoms with van der Waals surface area (Å²) in [5.41, 5.74) is 2.83. The van der Waals surface area contributed by atoms with Crippen molar-refractivity contribution in [1.29, 1.82) is 0 Å². The van der Waals surface area contributed by atoms with Crippen molar-refractivity contribution >= 4 is 30.7 Å². The van der Waals surface area contributed by atoms with Gasteiger partial charge >= 0.3 is 7.12 Å². The molecule has 8 heteroatoms. The van der Waals surface area contributed by atoms with Crippen LogP contribution in [-0.4, -0.2) is 47.0 Å². The van der Waals surface area contributed by atoms with Crippen LogP contribution in [0.4, 0.5) is 0 Å². The van der Waals surface area contributed by atoms with Crippen molar-refractivity contribution in [3.8, 4) is 12.3 Å². The smallest absolute Gasteiger partial charge is 0.399 e. The van der Waals surface area contributed by atoms with Gasteiger partial charge in [0.05, 0.1) is 16.7 Å². The topological polar surface area (TPSA) is 84.9 Å². The molecule has 2 amide bonds. The second-order valence-electron chi connectivity index (χ2n) is 10.8. The average molecular weight is 492 g/mol. The first-order valence-corrected chi connectivity index (χ1v) is 12.0. The number of allylic oxidation sites excluding steroid dienone is 2. The van der Waals surface area contributed by atoms with Gasteiger partial charge in [0.15, 0.2) is 0 Å². The van der Waals surface area contributed by atoms with Crippen molar-refractivity contribution in [3.05, 3.63) is 52.6 Å². The van der Waals surface area contributed by atoms with E-state index in [1.165, 1.54) is 11.1 Å². The minimum Gasteiger partial charge on any atom is -0.399 e. The molecule has 0 radical (unpaired) electrons. The standard InChI is InChI=1S/C28H37BN2O5/c1-11-13-21(16-19(3)12-2)25(34)31(26(4,5)6)30-24(33)20-14-15-23(22(17-20)18-32)29-35-27(7,8)28(9,10)36-29/h2,13-18H,11H2,1,3-10H3,(H,30,33)/b19-16-,21-13+. The summed E-state index contributed by atoms with van der Waals surface area (Å²) in [6.45, 7) is 16.8. The zero-order valence-electron chi connectivity index (χ0n) is 22.8. The lowest BCUT2D eigenvalue weighted by Crippen LogP contribution is -2.56. The fourth-order valence-corrected chi connectivity index (χ4v) is 3.52. The number of carbonyl (C=O) groups is 3. The van der Waals surface area contributed by atoms with Crippen LogP contribution in [0, 0.1) is 12.3 Å². The largest absolute Gasteiger partial charge is 0.495 e. The van der Waals surface area contributed by atoms with Crippen LogP contribution >= 0.6 is 0 Å². The third-order valence-electron chi connectivity index (χ3n) is 6.34. The Bertz CT molecular complexity index is 1120. The molecule has 36 heavy (non-hydrogen) atoms. The van der Waals surface area contributed by atoms with E-state index in [1.54, 1.807) is 31.2 Å². The molecule has 1 aromatic rings. The van der Waals surface area contributed by atoms with Gasteiger partial charge in [-0.3, -0.25) is 19.8 Å². The summed E-state index contributed by atoms with van der Waals surface area (Å²) >= 11 is 0. The van der Waals surface area contributed by atoms with Crippen LogP contribution < -0.4 is 10.9 Å². The minimum absolute atomic E-state index is 0.218. The van der Waals surface area contributed by atoms with Crippen molar-refractivity contribution in [3.63, 3.8) is 0 Å². The van der Waals surface area contributed by atoms with Gasteiger partial charge in [0.25, 0.3) is 11.8 Å². The van der Waals surface area contributed by atoms with E-state index < -0.39 is 35.7 Å². The van der Waals surface area contributed by atoms with E-state index >= 15 is 0 Å². The van der Waals surface area contributed by atoms with E-state index in [1.807, 2.05) is 55.4 Å². The van der Waals surface area contributed by atoms with Crippen LogP contribution in [-0.2, 0) is 14.1 Å². The number of hydrazine groups is 1. The van der Waals surface area contributed by atoms with Crippen molar-refractivity contribution in [2.75, 3.05) is 0 Å². The summed E-state index contributed by atoms with van der Waals surface area (Å²) in [4.78, 5) is 38.6. The highest BCUT2D eigenvalue weighted by Gasteiger charge is 2.52. The van der Waals surface area contributed by atoms with Gasteiger partial charge < -0.3 is 9.31 Å². The molecular weight excluding hydrogens is 455 g/mol. The van der Waals surface area contributed by atoms with Gasteiger partial charge in [-0.15, -0.1) is 6.42 Å². The molecule has 1 fully saturated rings. The molecule has 1 N–H and O–H groups in total. The number of rotatable bonds is 6. The number of aldehydes is 1. The maximum Gasteiger partial charge on any atom is 0.495 e. The summed E-state index contributed by atoms with van der Waals surface area (Å²) in [6, 6.07) is 4.70. The fourth-order valence-electron chi connectivity index (χ4n) is 3.52. The molecule has 0 aliphatic carbocycles. The lowest BCUT2D eigenvalue weighted by molar-refractivity contribution is -0.134. The van der Waals surface area contributed by atoms with Crippen LogP contribution in [0.3, 0.4) is 0 Å². The molecule has 1 aliphatic heterocycles. The van der Waals surface area contributed by atoms with Gasteiger partial charge in [-0.05, 0) is 91.1 Å². The van der Waals surface area contributed by atoms with Gasteiger partial charge in [0.2, 0.25) is 0 Å². The quantitative estimate of drug-likeness (QED) is 0.162. The summed E-state index contributed by atoms with van der Waals surface area (Å²) in [5.74, 6) is 1.59. The molecule has 2 rings (SSSR count). The second kappa shape index (κ2) is 10.9. The van der Waals surface area contributed by atoms with E-state index in [0.717, 1.165) is 0 Å². The van der Waals surface area contributed by atoms with Gasteiger partial charge in [-0.25, -0.2) is 5.01 Å². The SMILES string of the molecule is C#C/C(C)=C\C(=C/CC)C(=O)N(NC(=O)c1ccc(B2OC(C)(C)C(C)(C)O2)c(C=O)c1)C(C)(C)C. The molecule has 0 saturated carbocycles. The first-order valence-electron chi connectivity index (χ1n) is 12.0. The molecule has 192 valence electrons. The Balaban J connectivity index is 2.38. The summed E-state index contributed by atoms with van der Waals surface area (Å²) in [5, 5.41) is 1.28. The molecule has 0 bridgehead atoms. The average Bonchev–Trinajstić information content (AvgIpc) is 3.01. The first kappa shape index (κ1) is 29.1. The van der Waals surface area contributed by atoms with E-state index in [4.69, 9.17) is 15.7 Å². The predicted octanol–water partition coefficient (Wildman–Crippen LogP) is 3.99. The fraction of sp³-hybridized carbons (Fsp3) is 0.464. The maximum absolute atomic E-state index is 13.4. The highest BCUT2D eigenvalue weighted by Crippen LogP contribution is 2.36. The molecule has 1 aliphatic rings. The zero-order valence-corrected chi connectivity index (χ0v) is 22.8. The Labute approximate surface area is 215 Å². The third kappa shape index (κ3) is 6.34. The van der Waals surface area contributed by atoms with Crippen LogP contribution in [0.5, 0.6) is 0 Å². The Morgan fingerprint density at radius 1 is 1.17 bits per heavy atom. The lowest BCUT2D eigenvalue weighted by atomic mass is 9.75. The number of amides is 2. The third-order valence-corrected chi connectivity index (χ3v) is 6.34. The number of carbonyl (C=O) groups excluding carboxylic acids is 3. The molecule has 0 unspecified atom stereocenters. The van der Waals surface area contributed by atoms with Crippen LogP contribution in [0.2, 0.25) is 0 Å². The normalized spacial score (nSPS) is 17.4. The highest BCUT2D eigenvalue weighted by molar-refractivity contribution is 6.63. The minimum atomic E-state index is -0.743. The Morgan fingerprint density at radius 2 is 1.75 bits per heavy atom. The van der Waals surface area contributed by atoms with Crippen molar-refractivity contribution < 1.29 is 23.7 Å². The van der Waals surface area contributed by atoms with Crippen molar-refractivity contribution in [2.45, 2.75) is 85.5 Å². The van der Waals surface area contributed by atoms with Crippen LogP contribution in [0.15, 0.2) is 41.5 Å². The number of hydrogen-bond donors (Lipinski definition) is 1. The number of nitrogens with one attached hydrogen (secondary N) is 1. The predicted molar refractivity (Wildman–Crippen MR) is 143 cm³/mol. The number of terminal acetylenes is 1.